The molecule has 168 valence electrons. The van der Waals surface area contributed by atoms with E-state index in [0.717, 1.165) is 21.5 Å². The molecule has 0 fully saturated rings. The second-order valence-corrected chi connectivity index (χ2v) is 21.2. The van der Waals surface area contributed by atoms with Crippen LogP contribution >= 0.6 is 0 Å². The first kappa shape index (κ1) is 25.1. The number of phenolic OH excluding ortho intramolecular Hbond substituents is 2. The summed E-state index contributed by atoms with van der Waals surface area (Å²) >= 11 is 0. The summed E-state index contributed by atoms with van der Waals surface area (Å²) in [5, 5.41) is 23.4. The SMILES string of the molecule is CC(C)(CN=Cc1cccc([Si](C)(C)C)c1O)CN=Cc1cccc([Si](C)(C)C)c1O. The molecule has 0 bridgehead atoms. The van der Waals surface area contributed by atoms with Crippen molar-refractivity contribution in [2.24, 2.45) is 15.4 Å². The Morgan fingerprint density at radius 3 is 1.39 bits per heavy atom. The Morgan fingerprint density at radius 1 is 0.710 bits per heavy atom. The van der Waals surface area contributed by atoms with E-state index in [1.54, 1.807) is 12.4 Å². The monoisotopic (exact) mass is 454 g/mol. The lowest BCUT2D eigenvalue weighted by Crippen LogP contribution is -2.38. The van der Waals surface area contributed by atoms with E-state index in [-0.39, 0.29) is 5.41 Å². The zero-order valence-corrected chi connectivity index (χ0v) is 22.3. The molecule has 0 aliphatic rings. The summed E-state index contributed by atoms with van der Waals surface area (Å²) < 4.78 is 0. The Hall–Kier alpha value is -2.19. The third kappa shape index (κ3) is 6.90. The molecule has 31 heavy (non-hydrogen) atoms. The van der Waals surface area contributed by atoms with Crippen LogP contribution in [0.4, 0.5) is 0 Å². The van der Waals surface area contributed by atoms with Gasteiger partial charge in [-0.1, -0.05) is 77.4 Å². The van der Waals surface area contributed by atoms with Crippen molar-refractivity contribution < 1.29 is 10.2 Å². The van der Waals surface area contributed by atoms with Gasteiger partial charge in [-0.15, -0.1) is 0 Å². The van der Waals surface area contributed by atoms with Gasteiger partial charge in [-0.2, -0.15) is 0 Å². The molecule has 0 aromatic heterocycles. The second kappa shape index (κ2) is 9.53. The van der Waals surface area contributed by atoms with Gasteiger partial charge in [-0.05, 0) is 22.5 Å². The molecule has 0 atom stereocenters. The number of phenols is 2. The molecule has 0 spiro atoms. The highest BCUT2D eigenvalue weighted by atomic mass is 28.3. The molecule has 0 heterocycles. The molecular weight excluding hydrogens is 416 g/mol. The van der Waals surface area contributed by atoms with Crippen LogP contribution in [0.1, 0.15) is 25.0 Å². The normalized spacial score (nSPS) is 13.4. The first-order valence-electron chi connectivity index (χ1n) is 10.9. The average Bonchev–Trinajstić information content (AvgIpc) is 2.62. The molecule has 6 heteroatoms. The van der Waals surface area contributed by atoms with E-state index in [4.69, 9.17) is 0 Å². The largest absolute Gasteiger partial charge is 0.507 e. The predicted molar refractivity (Wildman–Crippen MR) is 141 cm³/mol. The summed E-state index contributed by atoms with van der Waals surface area (Å²) in [6, 6.07) is 11.8. The van der Waals surface area contributed by atoms with Crippen molar-refractivity contribution in [3.8, 4) is 11.5 Å². The van der Waals surface area contributed by atoms with Crippen molar-refractivity contribution in [3.05, 3.63) is 47.5 Å². The number of hydrogen-bond acceptors (Lipinski definition) is 4. The van der Waals surface area contributed by atoms with Crippen molar-refractivity contribution in [2.75, 3.05) is 13.1 Å². The lowest BCUT2D eigenvalue weighted by atomic mass is 9.94. The van der Waals surface area contributed by atoms with Gasteiger partial charge >= 0.3 is 0 Å². The number of aliphatic imine (C=N–C) groups is 2. The van der Waals surface area contributed by atoms with Crippen molar-refractivity contribution in [1.29, 1.82) is 0 Å². The van der Waals surface area contributed by atoms with Crippen molar-refractivity contribution in [1.82, 2.24) is 0 Å². The van der Waals surface area contributed by atoms with Gasteiger partial charge in [0.15, 0.2) is 0 Å². The molecule has 2 rings (SSSR count). The van der Waals surface area contributed by atoms with E-state index in [1.807, 2.05) is 36.4 Å². The standard InChI is InChI=1S/C25H38N2O2Si2/c1-25(2,17-26-15-19-11-9-13-21(23(19)28)30(3,4)5)18-27-16-20-12-10-14-22(24(20)29)31(6,7)8/h9-16,28-29H,17-18H2,1-8H3. The van der Waals surface area contributed by atoms with Gasteiger partial charge in [-0.3, -0.25) is 9.98 Å². The molecular formula is C25H38N2O2Si2. The molecule has 0 radical (unpaired) electrons. The van der Waals surface area contributed by atoms with Gasteiger partial charge in [0.05, 0.1) is 16.1 Å². The van der Waals surface area contributed by atoms with Gasteiger partial charge in [-0.25, -0.2) is 0 Å². The van der Waals surface area contributed by atoms with Crippen LogP contribution in [0.25, 0.3) is 0 Å². The van der Waals surface area contributed by atoms with E-state index >= 15 is 0 Å². The summed E-state index contributed by atoms with van der Waals surface area (Å²) in [5.74, 6) is 0.720. The summed E-state index contributed by atoms with van der Waals surface area (Å²) in [4.78, 5) is 9.20. The van der Waals surface area contributed by atoms with E-state index in [0.29, 0.717) is 24.6 Å². The number of nitrogens with zero attached hydrogens (tertiary/aromatic N) is 2. The highest BCUT2D eigenvalue weighted by molar-refractivity contribution is 6.89. The lowest BCUT2D eigenvalue weighted by molar-refractivity contribution is 0.396. The molecule has 0 saturated carbocycles. The maximum Gasteiger partial charge on any atom is 0.123 e. The molecule has 0 saturated heterocycles. The topological polar surface area (TPSA) is 65.2 Å². The lowest BCUT2D eigenvalue weighted by Gasteiger charge is -2.21. The maximum absolute atomic E-state index is 10.6. The minimum absolute atomic E-state index is 0.134. The van der Waals surface area contributed by atoms with Crippen LogP contribution in [0, 0.1) is 5.41 Å². The van der Waals surface area contributed by atoms with E-state index in [2.05, 4.69) is 63.1 Å². The summed E-state index contributed by atoms with van der Waals surface area (Å²) in [6.07, 6.45) is 3.54. The van der Waals surface area contributed by atoms with Crippen LogP contribution in [-0.4, -0.2) is 51.9 Å². The second-order valence-electron chi connectivity index (χ2n) is 11.1. The van der Waals surface area contributed by atoms with Gasteiger partial charge in [0, 0.05) is 42.1 Å². The Kier molecular flexibility index (Phi) is 7.71. The molecule has 0 amide bonds. The molecule has 4 nitrogen and oxygen atoms in total. The Bertz CT molecular complexity index is 891. The number of hydrogen-bond donors (Lipinski definition) is 2. The first-order chi connectivity index (χ1) is 14.2. The summed E-state index contributed by atoms with van der Waals surface area (Å²) in [5.41, 5.74) is 1.41. The maximum atomic E-state index is 10.6. The van der Waals surface area contributed by atoms with Crippen LogP contribution < -0.4 is 10.4 Å². The third-order valence-electron chi connectivity index (χ3n) is 5.25. The minimum Gasteiger partial charge on any atom is -0.507 e. The molecule has 2 N–H and O–H groups in total. The van der Waals surface area contributed by atoms with Gasteiger partial charge in [0.2, 0.25) is 0 Å². The summed E-state index contributed by atoms with van der Waals surface area (Å²) in [6.45, 7) is 18.8. The van der Waals surface area contributed by atoms with Crippen LogP contribution in [0.3, 0.4) is 0 Å². The Morgan fingerprint density at radius 2 is 1.06 bits per heavy atom. The third-order valence-corrected chi connectivity index (χ3v) is 9.29. The van der Waals surface area contributed by atoms with Crippen LogP contribution in [0.2, 0.25) is 39.3 Å². The van der Waals surface area contributed by atoms with Crippen LogP contribution in [-0.2, 0) is 0 Å². The fourth-order valence-corrected chi connectivity index (χ4v) is 6.28. The predicted octanol–water partition coefficient (Wildman–Crippen LogP) is 4.75. The van der Waals surface area contributed by atoms with E-state index in [9.17, 15) is 10.2 Å². The molecule has 0 aliphatic carbocycles. The number of rotatable bonds is 8. The van der Waals surface area contributed by atoms with Gasteiger partial charge < -0.3 is 10.2 Å². The molecule has 2 aromatic carbocycles. The number of para-hydroxylation sites is 2. The molecule has 0 aliphatic heterocycles. The first-order valence-corrected chi connectivity index (χ1v) is 17.9. The van der Waals surface area contributed by atoms with Crippen molar-refractivity contribution in [2.45, 2.75) is 53.1 Å². The van der Waals surface area contributed by atoms with E-state index < -0.39 is 16.1 Å². The van der Waals surface area contributed by atoms with Crippen molar-refractivity contribution >= 4 is 39.0 Å². The quantitative estimate of drug-likeness (QED) is 0.446. The smallest absolute Gasteiger partial charge is 0.123 e. The van der Waals surface area contributed by atoms with Crippen molar-refractivity contribution in [3.63, 3.8) is 0 Å². The number of aromatic hydroxyl groups is 2. The Labute approximate surface area is 189 Å². The fraction of sp³-hybridized carbons (Fsp3) is 0.440. The molecule has 0 unspecified atom stereocenters. The zero-order valence-electron chi connectivity index (χ0n) is 20.3. The van der Waals surface area contributed by atoms with Crippen LogP contribution in [0.15, 0.2) is 46.4 Å². The average molecular weight is 455 g/mol. The fourth-order valence-electron chi connectivity index (χ4n) is 3.37. The highest BCUT2D eigenvalue weighted by Crippen LogP contribution is 2.20. The highest BCUT2D eigenvalue weighted by Gasteiger charge is 2.23. The van der Waals surface area contributed by atoms with E-state index in [1.165, 1.54) is 0 Å². The zero-order chi connectivity index (χ0) is 23.4. The van der Waals surface area contributed by atoms with Gasteiger partial charge in [0.1, 0.15) is 11.5 Å². The van der Waals surface area contributed by atoms with Gasteiger partial charge in [0.25, 0.3) is 0 Å². The minimum atomic E-state index is -1.60. The van der Waals surface area contributed by atoms with Crippen LogP contribution in [0.5, 0.6) is 11.5 Å². The number of benzene rings is 2. The summed E-state index contributed by atoms with van der Waals surface area (Å²) in [7, 11) is -3.21. The Balaban J connectivity index is 2.07. The molecule has 2 aromatic rings.